The van der Waals surface area contributed by atoms with Gasteiger partial charge in [0, 0.05) is 0 Å². The minimum absolute atomic E-state index is 0.853. The third-order valence-corrected chi connectivity index (χ3v) is 6.54. The van der Waals surface area contributed by atoms with Crippen LogP contribution in [0, 0.1) is 11.8 Å². The summed E-state index contributed by atoms with van der Waals surface area (Å²) in [4.78, 5) is 0. The summed E-state index contributed by atoms with van der Waals surface area (Å²) in [6.45, 7) is 4.65. The summed E-state index contributed by atoms with van der Waals surface area (Å²) in [7, 11) is 0. The van der Waals surface area contributed by atoms with Gasteiger partial charge in [0.25, 0.3) is 0 Å². The largest absolute Gasteiger partial charge is 0.0654 e. The summed E-state index contributed by atoms with van der Waals surface area (Å²) >= 11 is 0. The number of aryl methyl sites for hydroxylation is 1. The predicted octanol–water partition coefficient (Wildman–Crippen LogP) is 7.06. The van der Waals surface area contributed by atoms with Crippen LogP contribution in [0.2, 0.25) is 0 Å². The number of hydrogen-bond acceptors (Lipinski definition) is 0. The molecule has 0 saturated heterocycles. The SMILES string of the molecule is CCCC[C@H]1CC[C@H](c2ccc3c(c2)CCC(CCC)C3)CC1. The van der Waals surface area contributed by atoms with Crippen LogP contribution in [0.15, 0.2) is 18.2 Å². The van der Waals surface area contributed by atoms with Gasteiger partial charge in [-0.15, -0.1) is 0 Å². The van der Waals surface area contributed by atoms with Crippen LogP contribution in [0.4, 0.5) is 0 Å². The molecular formula is C23H36. The van der Waals surface area contributed by atoms with Crippen molar-refractivity contribution in [2.75, 3.05) is 0 Å². The monoisotopic (exact) mass is 312 g/mol. The maximum Gasteiger partial charge on any atom is -0.0162 e. The second-order valence-electron chi connectivity index (χ2n) is 8.29. The lowest BCUT2D eigenvalue weighted by molar-refractivity contribution is 0.304. The average Bonchev–Trinajstić information content (AvgIpc) is 2.60. The van der Waals surface area contributed by atoms with Crippen molar-refractivity contribution >= 4 is 0 Å². The van der Waals surface area contributed by atoms with E-state index >= 15 is 0 Å². The van der Waals surface area contributed by atoms with Gasteiger partial charge in [0.1, 0.15) is 0 Å². The van der Waals surface area contributed by atoms with Crippen LogP contribution in [0.1, 0.15) is 101 Å². The van der Waals surface area contributed by atoms with Gasteiger partial charge in [0.05, 0.1) is 0 Å². The Morgan fingerprint density at radius 2 is 1.65 bits per heavy atom. The van der Waals surface area contributed by atoms with Crippen LogP contribution < -0.4 is 0 Å². The van der Waals surface area contributed by atoms with Gasteiger partial charge in [-0.25, -0.2) is 0 Å². The molecule has 1 unspecified atom stereocenters. The molecule has 0 spiro atoms. The van der Waals surface area contributed by atoms with Gasteiger partial charge in [-0.1, -0.05) is 64.2 Å². The maximum atomic E-state index is 2.59. The van der Waals surface area contributed by atoms with E-state index in [1.165, 1.54) is 77.0 Å². The highest BCUT2D eigenvalue weighted by Crippen LogP contribution is 2.39. The molecule has 0 heterocycles. The van der Waals surface area contributed by atoms with Gasteiger partial charge in [-0.05, 0) is 79.4 Å². The van der Waals surface area contributed by atoms with Crippen molar-refractivity contribution in [3.63, 3.8) is 0 Å². The first-order chi connectivity index (χ1) is 11.3. The zero-order valence-corrected chi connectivity index (χ0v) is 15.4. The average molecular weight is 313 g/mol. The van der Waals surface area contributed by atoms with Crippen LogP contribution in [-0.4, -0.2) is 0 Å². The standard InChI is InChI=1S/C23H36/c1-3-5-7-18-8-11-20(12-9-18)22-15-14-21-16-19(6-4-2)10-13-23(21)17-22/h14-15,17-20H,3-13,16H2,1-2H3/t18-,19?,20-. The first-order valence-corrected chi connectivity index (χ1v) is 10.4. The fourth-order valence-electron chi connectivity index (χ4n) is 5.04. The molecule has 0 bridgehead atoms. The molecule has 128 valence electrons. The van der Waals surface area contributed by atoms with E-state index in [0.29, 0.717) is 0 Å². The van der Waals surface area contributed by atoms with Crippen molar-refractivity contribution < 1.29 is 0 Å². The molecule has 1 aromatic carbocycles. The Labute approximate surface area is 144 Å². The van der Waals surface area contributed by atoms with Gasteiger partial charge in [0.2, 0.25) is 0 Å². The van der Waals surface area contributed by atoms with Gasteiger partial charge < -0.3 is 0 Å². The second kappa shape index (κ2) is 8.36. The molecule has 0 heteroatoms. The molecule has 1 saturated carbocycles. The zero-order chi connectivity index (χ0) is 16.1. The molecule has 0 aliphatic heterocycles. The Bertz CT molecular complexity index is 479. The number of benzene rings is 1. The van der Waals surface area contributed by atoms with Gasteiger partial charge >= 0.3 is 0 Å². The first-order valence-electron chi connectivity index (χ1n) is 10.4. The highest BCUT2D eigenvalue weighted by molar-refractivity contribution is 5.36. The third kappa shape index (κ3) is 4.40. The van der Waals surface area contributed by atoms with Crippen molar-refractivity contribution in [3.8, 4) is 0 Å². The van der Waals surface area contributed by atoms with E-state index in [1.807, 2.05) is 0 Å². The zero-order valence-electron chi connectivity index (χ0n) is 15.4. The molecule has 1 fully saturated rings. The molecule has 0 nitrogen and oxygen atoms in total. The Morgan fingerprint density at radius 1 is 0.826 bits per heavy atom. The fourth-order valence-corrected chi connectivity index (χ4v) is 5.04. The predicted molar refractivity (Wildman–Crippen MR) is 101 cm³/mol. The van der Waals surface area contributed by atoms with Crippen molar-refractivity contribution in [2.24, 2.45) is 11.8 Å². The lowest BCUT2D eigenvalue weighted by Gasteiger charge is -2.30. The van der Waals surface area contributed by atoms with Crippen LogP contribution >= 0.6 is 0 Å². The van der Waals surface area contributed by atoms with Crippen LogP contribution in [-0.2, 0) is 12.8 Å². The lowest BCUT2D eigenvalue weighted by Crippen LogP contribution is -2.16. The van der Waals surface area contributed by atoms with Gasteiger partial charge in [-0.3, -0.25) is 0 Å². The van der Waals surface area contributed by atoms with E-state index in [4.69, 9.17) is 0 Å². The Balaban J connectivity index is 1.58. The highest BCUT2D eigenvalue weighted by Gasteiger charge is 2.24. The molecule has 0 radical (unpaired) electrons. The minimum Gasteiger partial charge on any atom is -0.0654 e. The third-order valence-electron chi connectivity index (χ3n) is 6.54. The van der Waals surface area contributed by atoms with E-state index in [0.717, 1.165) is 17.8 Å². The van der Waals surface area contributed by atoms with Crippen molar-refractivity contribution in [3.05, 3.63) is 34.9 Å². The van der Waals surface area contributed by atoms with Crippen LogP contribution in [0.3, 0.4) is 0 Å². The summed E-state index contributed by atoms with van der Waals surface area (Å²) in [6, 6.07) is 7.55. The quantitative estimate of drug-likeness (QED) is 0.527. The molecule has 3 rings (SSSR count). The van der Waals surface area contributed by atoms with Gasteiger partial charge in [0.15, 0.2) is 0 Å². The molecule has 1 aromatic rings. The fraction of sp³-hybridized carbons (Fsp3) is 0.739. The van der Waals surface area contributed by atoms with Crippen molar-refractivity contribution in [1.29, 1.82) is 0 Å². The summed E-state index contributed by atoms with van der Waals surface area (Å²) in [5.74, 6) is 2.83. The highest BCUT2D eigenvalue weighted by atomic mass is 14.3. The maximum absolute atomic E-state index is 2.59. The first kappa shape index (κ1) is 17.1. The molecule has 2 aliphatic rings. The Morgan fingerprint density at radius 3 is 2.39 bits per heavy atom. The van der Waals surface area contributed by atoms with Crippen molar-refractivity contribution in [1.82, 2.24) is 0 Å². The topological polar surface area (TPSA) is 0 Å². The molecule has 1 atom stereocenters. The summed E-state index contributed by atoms with van der Waals surface area (Å²) in [5.41, 5.74) is 5.00. The number of hydrogen-bond donors (Lipinski definition) is 0. The van der Waals surface area contributed by atoms with E-state index in [1.54, 1.807) is 16.7 Å². The summed E-state index contributed by atoms with van der Waals surface area (Å²) in [5, 5.41) is 0. The van der Waals surface area contributed by atoms with E-state index in [2.05, 4.69) is 32.0 Å². The number of rotatable bonds is 6. The van der Waals surface area contributed by atoms with Crippen LogP contribution in [0.5, 0.6) is 0 Å². The smallest absolute Gasteiger partial charge is 0.0162 e. The molecule has 0 amide bonds. The lowest BCUT2D eigenvalue weighted by atomic mass is 9.75. The van der Waals surface area contributed by atoms with Crippen molar-refractivity contribution in [2.45, 2.75) is 96.8 Å². The molecule has 2 aliphatic carbocycles. The Hall–Kier alpha value is -0.780. The molecule has 23 heavy (non-hydrogen) atoms. The van der Waals surface area contributed by atoms with E-state index in [-0.39, 0.29) is 0 Å². The minimum atomic E-state index is 0.853. The summed E-state index contributed by atoms with van der Waals surface area (Å²) in [6.07, 6.45) is 17.0. The van der Waals surface area contributed by atoms with Gasteiger partial charge in [-0.2, -0.15) is 0 Å². The Kier molecular flexibility index (Phi) is 6.20. The molecule has 0 N–H and O–H groups in total. The number of unbranched alkanes of at least 4 members (excludes halogenated alkanes) is 1. The number of fused-ring (bicyclic) bond motifs is 1. The second-order valence-corrected chi connectivity index (χ2v) is 8.29. The van der Waals surface area contributed by atoms with E-state index in [9.17, 15) is 0 Å². The summed E-state index contributed by atoms with van der Waals surface area (Å²) < 4.78 is 0. The normalized spacial score (nSPS) is 27.7. The molecule has 0 aromatic heterocycles. The molecular weight excluding hydrogens is 276 g/mol. The van der Waals surface area contributed by atoms with E-state index < -0.39 is 0 Å². The van der Waals surface area contributed by atoms with Crippen LogP contribution in [0.25, 0.3) is 0 Å².